The minimum absolute atomic E-state index is 0.0211. The van der Waals surface area contributed by atoms with Crippen molar-refractivity contribution in [3.63, 3.8) is 0 Å². The molecule has 30 heavy (non-hydrogen) atoms. The number of benzene rings is 2. The first-order valence-electron chi connectivity index (χ1n) is 9.08. The van der Waals surface area contributed by atoms with Crippen LogP contribution in [0.4, 0.5) is 17.2 Å². The van der Waals surface area contributed by atoms with Crippen molar-refractivity contribution in [2.75, 3.05) is 11.9 Å². The number of anilines is 2. The fourth-order valence-corrected chi connectivity index (χ4v) is 3.93. The summed E-state index contributed by atoms with van der Waals surface area (Å²) in [5.74, 6) is 0.200. The predicted molar refractivity (Wildman–Crippen MR) is 115 cm³/mol. The van der Waals surface area contributed by atoms with E-state index in [9.17, 15) is 14.9 Å². The zero-order chi connectivity index (χ0) is 21.1. The predicted octanol–water partition coefficient (Wildman–Crippen LogP) is 5.19. The molecule has 0 unspecified atom stereocenters. The number of hydrogen-bond acceptors (Lipinski definition) is 8. The molecule has 9 heteroatoms. The van der Waals surface area contributed by atoms with E-state index in [0.717, 1.165) is 21.5 Å². The lowest BCUT2D eigenvalue weighted by atomic mass is 10.1. The van der Waals surface area contributed by atoms with Crippen LogP contribution in [-0.4, -0.2) is 27.5 Å². The molecular weight excluding hydrogens is 404 g/mol. The van der Waals surface area contributed by atoms with E-state index in [1.54, 1.807) is 37.3 Å². The highest BCUT2D eigenvalue weighted by molar-refractivity contribution is 7.17. The van der Waals surface area contributed by atoms with Crippen LogP contribution in [0, 0.1) is 10.1 Å². The molecule has 0 aliphatic heterocycles. The summed E-state index contributed by atoms with van der Waals surface area (Å²) in [5.41, 5.74) is 2.74. The van der Waals surface area contributed by atoms with Gasteiger partial charge in [0.15, 0.2) is 0 Å². The summed E-state index contributed by atoms with van der Waals surface area (Å²) in [7, 11) is 0. The molecule has 0 saturated heterocycles. The summed E-state index contributed by atoms with van der Waals surface area (Å²) < 4.78 is 5.00. The van der Waals surface area contributed by atoms with Crippen molar-refractivity contribution >= 4 is 44.7 Å². The number of nitrogens with one attached hydrogen (secondary N) is 1. The van der Waals surface area contributed by atoms with Crippen LogP contribution in [0.5, 0.6) is 0 Å². The molecule has 0 aliphatic carbocycles. The Labute approximate surface area is 175 Å². The van der Waals surface area contributed by atoms with Gasteiger partial charge in [-0.25, -0.2) is 14.8 Å². The van der Waals surface area contributed by atoms with Crippen LogP contribution in [0.1, 0.15) is 17.3 Å². The molecule has 0 amide bonds. The molecule has 1 N–H and O–H groups in total. The lowest BCUT2D eigenvalue weighted by molar-refractivity contribution is -0.384. The number of non-ortho nitro benzene ring substituents is 1. The van der Waals surface area contributed by atoms with E-state index in [0.29, 0.717) is 23.6 Å². The highest BCUT2D eigenvalue weighted by Gasteiger charge is 2.16. The quantitative estimate of drug-likeness (QED) is 0.260. The molecular formula is C21H16N4O4S. The van der Waals surface area contributed by atoms with Gasteiger partial charge in [-0.1, -0.05) is 12.1 Å². The average molecular weight is 420 g/mol. The monoisotopic (exact) mass is 420 g/mol. The van der Waals surface area contributed by atoms with Crippen LogP contribution in [0.3, 0.4) is 0 Å². The molecule has 0 spiro atoms. The number of carbonyl (C=O) groups excluding carboxylic acids is 1. The topological polar surface area (TPSA) is 107 Å². The van der Waals surface area contributed by atoms with Crippen molar-refractivity contribution < 1.29 is 14.5 Å². The molecule has 2 aromatic heterocycles. The van der Waals surface area contributed by atoms with Gasteiger partial charge in [-0.05, 0) is 36.8 Å². The Balaban J connectivity index is 1.71. The van der Waals surface area contributed by atoms with Crippen LogP contribution in [0.25, 0.3) is 21.3 Å². The van der Waals surface area contributed by atoms with Crippen molar-refractivity contribution in [3.05, 3.63) is 75.9 Å². The van der Waals surface area contributed by atoms with Gasteiger partial charge >= 0.3 is 5.97 Å². The molecule has 8 nitrogen and oxygen atoms in total. The summed E-state index contributed by atoms with van der Waals surface area (Å²) in [6.07, 6.45) is 1.46. The van der Waals surface area contributed by atoms with Gasteiger partial charge in [-0.2, -0.15) is 0 Å². The largest absolute Gasteiger partial charge is 0.462 e. The number of nitro groups is 1. The lowest BCUT2D eigenvalue weighted by Crippen LogP contribution is -2.04. The number of ether oxygens (including phenoxy) is 1. The van der Waals surface area contributed by atoms with E-state index >= 15 is 0 Å². The van der Waals surface area contributed by atoms with E-state index in [1.807, 2.05) is 11.4 Å². The number of carbonyl (C=O) groups is 1. The van der Waals surface area contributed by atoms with Crippen molar-refractivity contribution in [3.8, 4) is 11.1 Å². The normalized spacial score (nSPS) is 10.7. The maximum absolute atomic E-state index is 11.8. The third kappa shape index (κ3) is 3.83. The molecule has 0 fully saturated rings. The molecule has 0 radical (unpaired) electrons. The first-order chi connectivity index (χ1) is 14.6. The van der Waals surface area contributed by atoms with Gasteiger partial charge in [0.25, 0.3) is 5.69 Å². The highest BCUT2D eigenvalue weighted by atomic mass is 32.1. The summed E-state index contributed by atoms with van der Waals surface area (Å²) in [6.45, 7) is 2.07. The first-order valence-corrected chi connectivity index (χ1v) is 9.96. The third-order valence-electron chi connectivity index (χ3n) is 4.40. The second-order valence-corrected chi connectivity index (χ2v) is 7.14. The Morgan fingerprint density at radius 2 is 2.00 bits per heavy atom. The number of rotatable bonds is 6. The molecule has 150 valence electrons. The number of aromatic nitrogens is 2. The van der Waals surface area contributed by atoms with Gasteiger partial charge in [-0.3, -0.25) is 10.1 Å². The Morgan fingerprint density at radius 1 is 1.20 bits per heavy atom. The minimum Gasteiger partial charge on any atom is -0.462 e. The average Bonchev–Trinajstić information content (AvgIpc) is 3.20. The van der Waals surface area contributed by atoms with E-state index in [2.05, 4.69) is 15.3 Å². The minimum atomic E-state index is -0.418. The Kier molecular flexibility index (Phi) is 5.36. The second-order valence-electron chi connectivity index (χ2n) is 6.28. The van der Waals surface area contributed by atoms with E-state index in [-0.39, 0.29) is 11.7 Å². The molecule has 4 aromatic rings. The summed E-state index contributed by atoms with van der Waals surface area (Å²) in [5, 5.41) is 17.1. The smallest absolute Gasteiger partial charge is 0.338 e. The van der Waals surface area contributed by atoms with Gasteiger partial charge in [-0.15, -0.1) is 11.3 Å². The SMILES string of the molecule is CCOC(=O)c1ccc(Nc2ncnc3scc(-c4cccc([N+](=O)[O-])c4)c23)cc1. The molecule has 2 aromatic carbocycles. The van der Waals surface area contributed by atoms with Gasteiger partial charge in [0.2, 0.25) is 0 Å². The summed E-state index contributed by atoms with van der Waals surface area (Å²) in [4.78, 5) is 32.0. The van der Waals surface area contributed by atoms with Gasteiger partial charge < -0.3 is 10.1 Å². The van der Waals surface area contributed by atoms with Gasteiger partial charge in [0, 0.05) is 28.8 Å². The van der Waals surface area contributed by atoms with E-state index in [4.69, 9.17) is 4.74 Å². The number of fused-ring (bicyclic) bond motifs is 1. The number of esters is 1. The van der Waals surface area contributed by atoms with E-state index < -0.39 is 4.92 Å². The lowest BCUT2D eigenvalue weighted by Gasteiger charge is -2.09. The maximum Gasteiger partial charge on any atom is 0.338 e. The Hall–Kier alpha value is -3.85. The number of hydrogen-bond donors (Lipinski definition) is 1. The third-order valence-corrected chi connectivity index (χ3v) is 5.28. The van der Waals surface area contributed by atoms with Crippen molar-refractivity contribution in [1.82, 2.24) is 9.97 Å². The van der Waals surface area contributed by atoms with Crippen molar-refractivity contribution in [1.29, 1.82) is 0 Å². The Bertz CT molecular complexity index is 1240. The molecule has 0 aliphatic rings. The fraction of sp³-hybridized carbons (Fsp3) is 0.0952. The number of nitrogens with zero attached hydrogens (tertiary/aromatic N) is 3. The summed E-state index contributed by atoms with van der Waals surface area (Å²) in [6, 6.07) is 13.3. The van der Waals surface area contributed by atoms with Crippen LogP contribution < -0.4 is 5.32 Å². The zero-order valence-corrected chi connectivity index (χ0v) is 16.7. The zero-order valence-electron chi connectivity index (χ0n) is 15.9. The maximum atomic E-state index is 11.8. The van der Waals surface area contributed by atoms with Crippen LogP contribution in [-0.2, 0) is 4.74 Å². The molecule has 0 bridgehead atoms. The number of thiophene rings is 1. The molecule has 0 atom stereocenters. The molecule has 4 rings (SSSR count). The summed E-state index contributed by atoms with van der Waals surface area (Å²) >= 11 is 1.44. The number of nitro benzene ring substituents is 1. The molecule has 2 heterocycles. The van der Waals surface area contributed by atoms with Gasteiger partial charge in [0.05, 0.1) is 22.5 Å². The first kappa shape index (κ1) is 19.5. The van der Waals surface area contributed by atoms with Crippen LogP contribution >= 0.6 is 11.3 Å². The van der Waals surface area contributed by atoms with Crippen LogP contribution in [0.15, 0.2) is 60.2 Å². The van der Waals surface area contributed by atoms with Crippen molar-refractivity contribution in [2.45, 2.75) is 6.92 Å². The van der Waals surface area contributed by atoms with Crippen molar-refractivity contribution in [2.24, 2.45) is 0 Å². The second kappa shape index (κ2) is 8.26. The van der Waals surface area contributed by atoms with Gasteiger partial charge in [0.1, 0.15) is 17.0 Å². The van der Waals surface area contributed by atoms with E-state index in [1.165, 1.54) is 29.8 Å². The fourth-order valence-electron chi connectivity index (χ4n) is 3.01. The van der Waals surface area contributed by atoms with Crippen LogP contribution in [0.2, 0.25) is 0 Å². The standard InChI is InChI=1S/C21H16N4O4S/c1-2-29-21(26)13-6-8-15(9-7-13)24-19-18-17(11-30-20(18)23-12-22-19)14-4-3-5-16(10-14)25(27)28/h3-12H,2H2,1H3,(H,22,23,24). The molecule has 0 saturated carbocycles. The Morgan fingerprint density at radius 3 is 2.73 bits per heavy atom. The highest BCUT2D eigenvalue weighted by Crippen LogP contribution is 2.38.